The zero-order chi connectivity index (χ0) is 27.7. The molecule has 7 nitrogen and oxygen atoms in total. The highest BCUT2D eigenvalue weighted by Gasteiger charge is 2.56. The first-order chi connectivity index (χ1) is 18.8. The van der Waals surface area contributed by atoms with E-state index in [1.807, 2.05) is 0 Å². The lowest BCUT2D eigenvalue weighted by Gasteiger charge is -2.23. The summed E-state index contributed by atoms with van der Waals surface area (Å²) >= 11 is 0. The highest BCUT2D eigenvalue weighted by molar-refractivity contribution is 6.15. The lowest BCUT2D eigenvalue weighted by molar-refractivity contribution is -0.133. The third-order valence-corrected chi connectivity index (χ3v) is 7.00. The van der Waals surface area contributed by atoms with E-state index in [1.165, 1.54) is 55.5 Å². The van der Waals surface area contributed by atoms with Gasteiger partial charge in [0.2, 0.25) is 5.91 Å². The van der Waals surface area contributed by atoms with Crippen LogP contribution in [0.1, 0.15) is 18.4 Å². The van der Waals surface area contributed by atoms with Crippen molar-refractivity contribution in [1.29, 1.82) is 0 Å². The Labute approximate surface area is 223 Å². The van der Waals surface area contributed by atoms with Crippen molar-refractivity contribution in [1.82, 2.24) is 4.98 Å². The van der Waals surface area contributed by atoms with Gasteiger partial charge in [0.05, 0.1) is 19.7 Å². The molecule has 0 N–H and O–H groups in total. The first kappa shape index (κ1) is 26.1. The molecular weight excluding hydrogens is 506 g/mol. The van der Waals surface area contributed by atoms with Crippen LogP contribution in [0.3, 0.4) is 0 Å². The predicted octanol–water partition coefficient (Wildman–Crippen LogP) is 5.88. The number of halogens is 2. The van der Waals surface area contributed by atoms with Crippen LogP contribution < -0.4 is 19.1 Å². The molecule has 1 aromatic heterocycles. The molecule has 1 heterocycles. The van der Waals surface area contributed by atoms with Gasteiger partial charge >= 0.3 is 0 Å². The van der Waals surface area contributed by atoms with Crippen LogP contribution in [0.2, 0.25) is 0 Å². The van der Waals surface area contributed by atoms with Crippen molar-refractivity contribution in [3.63, 3.8) is 0 Å². The maximum atomic E-state index is 15.1. The van der Waals surface area contributed by atoms with Crippen molar-refractivity contribution >= 4 is 28.3 Å². The van der Waals surface area contributed by atoms with E-state index in [4.69, 9.17) is 14.2 Å². The Kier molecular flexibility index (Phi) is 6.91. The van der Waals surface area contributed by atoms with E-state index in [9.17, 15) is 14.0 Å². The number of methoxy groups -OCH3 is 2. The van der Waals surface area contributed by atoms with Crippen LogP contribution in [-0.4, -0.2) is 37.9 Å². The topological polar surface area (TPSA) is 78.0 Å². The van der Waals surface area contributed by atoms with Crippen LogP contribution in [0.5, 0.6) is 23.0 Å². The fourth-order valence-electron chi connectivity index (χ4n) is 4.59. The third-order valence-electron chi connectivity index (χ3n) is 7.00. The number of rotatable bonds is 9. The highest BCUT2D eigenvalue weighted by Crippen LogP contribution is 2.49. The van der Waals surface area contributed by atoms with E-state index in [-0.39, 0.29) is 23.9 Å². The van der Waals surface area contributed by atoms with E-state index < -0.39 is 17.0 Å². The Morgan fingerprint density at radius 1 is 0.897 bits per heavy atom. The maximum Gasteiger partial charge on any atom is 0.240 e. The Balaban J connectivity index is 1.32. The molecule has 0 aliphatic heterocycles. The second kappa shape index (κ2) is 10.3. The molecule has 1 fully saturated rings. The van der Waals surface area contributed by atoms with Crippen LogP contribution in [0, 0.1) is 17.0 Å². The van der Waals surface area contributed by atoms with Gasteiger partial charge in [-0.15, -0.1) is 0 Å². The quantitative estimate of drug-likeness (QED) is 0.251. The summed E-state index contributed by atoms with van der Waals surface area (Å²) in [6.45, 7) is 0. The number of Topliss-reactive ketones (excluding diaryl/α,β-unsaturated/α-hetero) is 1. The van der Waals surface area contributed by atoms with Gasteiger partial charge in [0, 0.05) is 36.8 Å². The van der Waals surface area contributed by atoms with Gasteiger partial charge in [-0.2, -0.15) is 0 Å². The average molecular weight is 533 g/mol. The number of carbonyl (C=O) groups excluding carboxylic acids is 2. The Bertz CT molecular complexity index is 1570. The first-order valence-corrected chi connectivity index (χ1v) is 12.3. The third kappa shape index (κ3) is 4.99. The molecule has 1 aliphatic rings. The smallest absolute Gasteiger partial charge is 0.240 e. The molecule has 0 bridgehead atoms. The van der Waals surface area contributed by atoms with Crippen LogP contribution in [0.4, 0.5) is 14.5 Å². The Hall–Kier alpha value is -4.53. The number of hydrogen-bond donors (Lipinski definition) is 0. The number of pyridine rings is 1. The summed E-state index contributed by atoms with van der Waals surface area (Å²) in [6.07, 6.45) is 2.28. The lowest BCUT2D eigenvalue weighted by atomic mass is 9.93. The summed E-state index contributed by atoms with van der Waals surface area (Å²) in [5.41, 5.74) is 0.357. The molecule has 0 radical (unpaired) electrons. The van der Waals surface area contributed by atoms with Crippen molar-refractivity contribution in [2.24, 2.45) is 5.41 Å². The molecule has 0 atom stereocenters. The fourth-order valence-corrected chi connectivity index (χ4v) is 4.59. The van der Waals surface area contributed by atoms with E-state index >= 15 is 4.39 Å². The van der Waals surface area contributed by atoms with E-state index in [0.717, 1.165) is 0 Å². The van der Waals surface area contributed by atoms with Gasteiger partial charge in [0.1, 0.15) is 17.0 Å². The highest BCUT2D eigenvalue weighted by atomic mass is 19.1. The number of fused-ring (bicyclic) bond motifs is 1. The molecule has 5 rings (SSSR count). The zero-order valence-corrected chi connectivity index (χ0v) is 21.7. The fraction of sp³-hybridized carbons (Fsp3) is 0.233. The van der Waals surface area contributed by atoms with Gasteiger partial charge in [-0.3, -0.25) is 14.6 Å². The number of carbonyl (C=O) groups is 2. The number of amides is 1. The molecular formula is C30H26F2N2O5. The second-order valence-electron chi connectivity index (χ2n) is 9.42. The summed E-state index contributed by atoms with van der Waals surface area (Å²) in [5.74, 6) is -0.367. The van der Waals surface area contributed by atoms with E-state index in [0.29, 0.717) is 52.2 Å². The molecule has 200 valence electrons. The van der Waals surface area contributed by atoms with Gasteiger partial charge in [0.15, 0.2) is 28.8 Å². The standard InChI is InChI=1S/C30H26F2N2O5/c1-34(20-7-5-19(31)6-8-20)29(36)30(11-12-30)28(35)15-18-4-9-25(22(32)14-18)39-24-10-13-33-23-17-27(38-3)26(37-2)16-21(23)24/h4-10,13-14,16-17H,11-12,15H2,1-3H3. The minimum Gasteiger partial charge on any atom is -0.493 e. The first-order valence-electron chi connectivity index (χ1n) is 12.3. The second-order valence-corrected chi connectivity index (χ2v) is 9.42. The molecule has 9 heteroatoms. The van der Waals surface area contributed by atoms with E-state index in [2.05, 4.69) is 4.98 Å². The van der Waals surface area contributed by atoms with E-state index in [1.54, 1.807) is 37.5 Å². The number of nitrogens with zero attached hydrogens (tertiary/aromatic N) is 2. The zero-order valence-electron chi connectivity index (χ0n) is 21.7. The minimum atomic E-state index is -1.15. The number of benzene rings is 3. The predicted molar refractivity (Wildman–Crippen MR) is 142 cm³/mol. The molecule has 1 amide bonds. The number of hydrogen-bond acceptors (Lipinski definition) is 6. The Morgan fingerprint density at radius 2 is 1.59 bits per heavy atom. The number of ketones is 1. The maximum absolute atomic E-state index is 15.1. The van der Waals surface area contributed by atoms with Gasteiger partial charge in [-0.1, -0.05) is 6.07 Å². The van der Waals surface area contributed by atoms with Crippen molar-refractivity contribution < 1.29 is 32.6 Å². The molecule has 0 spiro atoms. The molecule has 3 aromatic carbocycles. The largest absolute Gasteiger partial charge is 0.493 e. The SMILES string of the molecule is COc1cc2nccc(Oc3ccc(CC(=O)C4(C(=O)N(C)c5ccc(F)cc5)CC4)cc3F)c2cc1OC. The van der Waals surface area contributed by atoms with Crippen molar-refractivity contribution in [3.05, 3.63) is 84.1 Å². The molecule has 39 heavy (non-hydrogen) atoms. The molecule has 4 aromatic rings. The van der Waals surface area contributed by atoms with Crippen LogP contribution in [0.25, 0.3) is 10.9 Å². The lowest BCUT2D eigenvalue weighted by Crippen LogP contribution is -2.39. The van der Waals surface area contributed by atoms with Crippen LogP contribution in [-0.2, 0) is 16.0 Å². The van der Waals surface area contributed by atoms with Gasteiger partial charge in [-0.25, -0.2) is 8.78 Å². The number of ether oxygens (including phenoxy) is 3. The van der Waals surface area contributed by atoms with Crippen LogP contribution in [0.15, 0.2) is 66.9 Å². The van der Waals surface area contributed by atoms with Crippen LogP contribution >= 0.6 is 0 Å². The average Bonchev–Trinajstić information content (AvgIpc) is 3.76. The van der Waals surface area contributed by atoms with Crippen molar-refractivity contribution in [3.8, 4) is 23.0 Å². The van der Waals surface area contributed by atoms with Gasteiger partial charge in [-0.05, 0) is 66.9 Å². The number of anilines is 1. The summed E-state index contributed by atoms with van der Waals surface area (Å²) < 4.78 is 44.9. The summed E-state index contributed by atoms with van der Waals surface area (Å²) in [7, 11) is 4.60. The molecule has 0 unspecified atom stereocenters. The monoisotopic (exact) mass is 532 g/mol. The number of aromatic nitrogens is 1. The summed E-state index contributed by atoms with van der Waals surface area (Å²) in [4.78, 5) is 32.0. The van der Waals surface area contributed by atoms with Crippen molar-refractivity contribution in [2.45, 2.75) is 19.3 Å². The summed E-state index contributed by atoms with van der Waals surface area (Å²) in [5, 5.41) is 0.605. The Morgan fingerprint density at radius 3 is 2.23 bits per heavy atom. The molecule has 0 saturated heterocycles. The summed E-state index contributed by atoms with van der Waals surface area (Å²) in [6, 6.07) is 14.8. The minimum absolute atomic E-state index is 0.0262. The molecule has 1 aliphatic carbocycles. The van der Waals surface area contributed by atoms with Crippen molar-refractivity contribution in [2.75, 3.05) is 26.2 Å². The van der Waals surface area contributed by atoms with Gasteiger partial charge in [0.25, 0.3) is 0 Å². The normalized spacial score (nSPS) is 13.6. The molecule has 1 saturated carbocycles. The van der Waals surface area contributed by atoms with Gasteiger partial charge < -0.3 is 19.1 Å².